The average molecular weight is 83.0 g/mol. The third-order valence-corrected chi connectivity index (χ3v) is 0.0714. The van der Waals surface area contributed by atoms with Crippen LogP contribution >= 0.6 is 0 Å². The topological polar surface area (TPSA) is 0 Å². The van der Waals surface area contributed by atoms with Crippen LogP contribution in [-0.2, 0) is 0 Å². The van der Waals surface area contributed by atoms with Crippen LogP contribution in [0.4, 0.5) is 13.2 Å². The first-order valence-electron chi connectivity index (χ1n) is 1.32. The Bertz CT molecular complexity index is 58.9. The van der Waals surface area contributed by atoms with E-state index in [2.05, 4.69) is 0 Å². The Morgan fingerprint density at radius 2 is 2.00 bits per heavy atom. The van der Waals surface area contributed by atoms with Crippen molar-refractivity contribution < 1.29 is 14.5 Å². The molecule has 0 spiro atoms. The van der Waals surface area contributed by atoms with Crippen LogP contribution in [-0.4, -0.2) is 0 Å². The molecule has 0 saturated carbocycles. The molecule has 0 fully saturated rings. The summed E-state index contributed by atoms with van der Waals surface area (Å²) in [5, 5.41) is 0. The maximum atomic E-state index is 10.6. The fraction of sp³-hybridized carbons (Fsp3) is 0. The van der Waals surface area contributed by atoms with E-state index in [-0.39, 0.29) is 0 Å². The fourth-order valence-electron chi connectivity index (χ4n) is 0. The number of rotatable bonds is 0. The standard InChI is InChI=1S/C2HF3/c3-1-2(4)5/h1H/i1D. The lowest BCUT2D eigenvalue weighted by atomic mass is 11.1. The van der Waals surface area contributed by atoms with Gasteiger partial charge in [-0.1, -0.05) is 0 Å². The lowest BCUT2D eigenvalue weighted by Crippen LogP contribution is -1.42. The van der Waals surface area contributed by atoms with Gasteiger partial charge in [0.1, 0.15) is 1.37 Å². The van der Waals surface area contributed by atoms with E-state index in [0.29, 0.717) is 0 Å². The smallest absolute Gasteiger partial charge is 0.210 e. The van der Waals surface area contributed by atoms with Gasteiger partial charge in [0.05, 0.1) is 0 Å². The zero-order chi connectivity index (χ0) is 5.15. The van der Waals surface area contributed by atoms with Gasteiger partial charge in [-0.2, -0.15) is 8.78 Å². The van der Waals surface area contributed by atoms with E-state index in [0.717, 1.165) is 0 Å². The van der Waals surface area contributed by atoms with E-state index >= 15 is 0 Å². The minimum atomic E-state index is -2.57. The molecule has 0 bridgehead atoms. The Balaban J connectivity index is 3.68. The molecule has 0 atom stereocenters. The van der Waals surface area contributed by atoms with Crippen LogP contribution in [0.5, 0.6) is 0 Å². The van der Waals surface area contributed by atoms with Gasteiger partial charge < -0.3 is 0 Å². The lowest BCUT2D eigenvalue weighted by Gasteiger charge is -1.59. The Morgan fingerprint density at radius 3 is 2.00 bits per heavy atom. The van der Waals surface area contributed by atoms with Gasteiger partial charge in [-0.05, 0) is 0 Å². The Hall–Kier alpha value is -0.470. The normalized spacial score (nSPS) is 9.80. The molecule has 0 aromatic rings. The molecule has 0 aliphatic rings. The van der Waals surface area contributed by atoms with E-state index in [1.807, 2.05) is 0 Å². The molecule has 5 heavy (non-hydrogen) atoms. The third-order valence-electron chi connectivity index (χ3n) is 0.0714. The Morgan fingerprint density at radius 1 is 1.80 bits per heavy atom. The molecule has 0 aliphatic heterocycles. The van der Waals surface area contributed by atoms with E-state index < -0.39 is 12.4 Å². The predicted octanol–water partition coefficient (Wildman–Crippen LogP) is 1.69. The van der Waals surface area contributed by atoms with Crippen molar-refractivity contribution in [1.29, 1.82) is 0 Å². The third kappa shape index (κ3) is 3.53. The second-order valence-corrected chi connectivity index (χ2v) is 0.355. The molecule has 0 saturated heterocycles. The fourth-order valence-corrected chi connectivity index (χ4v) is 0. The second-order valence-electron chi connectivity index (χ2n) is 0.355. The molecule has 0 aliphatic carbocycles. The van der Waals surface area contributed by atoms with Crippen molar-refractivity contribution in [2.24, 2.45) is 0 Å². The summed E-state index contributed by atoms with van der Waals surface area (Å²) in [7, 11) is 0. The van der Waals surface area contributed by atoms with Crippen LogP contribution in [0.1, 0.15) is 1.37 Å². The molecule has 0 aromatic heterocycles. The maximum absolute atomic E-state index is 10.6. The monoisotopic (exact) mass is 83.0 g/mol. The molecule has 3 heteroatoms. The molecule has 0 aromatic carbocycles. The summed E-state index contributed by atoms with van der Waals surface area (Å²) >= 11 is 0. The summed E-state index contributed by atoms with van der Waals surface area (Å²) in [5.41, 5.74) is 0. The zero-order valence-corrected chi connectivity index (χ0v) is 2.13. The highest BCUT2D eigenvalue weighted by molar-refractivity contribution is 4.66. The van der Waals surface area contributed by atoms with Gasteiger partial charge in [0.2, 0.25) is 0 Å². The summed E-state index contributed by atoms with van der Waals surface area (Å²) < 4.78 is 37.1. The van der Waals surface area contributed by atoms with Gasteiger partial charge in [0.15, 0.2) is 6.31 Å². The molecule has 0 unspecified atom stereocenters. The van der Waals surface area contributed by atoms with Crippen molar-refractivity contribution in [1.82, 2.24) is 0 Å². The molecular weight excluding hydrogens is 81.0 g/mol. The molecule has 0 heterocycles. The van der Waals surface area contributed by atoms with Crippen LogP contribution in [0, 0.1) is 0 Å². The van der Waals surface area contributed by atoms with Crippen molar-refractivity contribution in [2.45, 2.75) is 0 Å². The van der Waals surface area contributed by atoms with Crippen molar-refractivity contribution in [3.8, 4) is 0 Å². The average Bonchev–Trinajstić information content (AvgIpc) is 1.36. The maximum Gasteiger partial charge on any atom is 0.298 e. The van der Waals surface area contributed by atoms with Gasteiger partial charge >= 0.3 is 0 Å². The van der Waals surface area contributed by atoms with Crippen LogP contribution < -0.4 is 0 Å². The van der Waals surface area contributed by atoms with Crippen molar-refractivity contribution in [3.63, 3.8) is 0 Å². The highest BCUT2D eigenvalue weighted by Crippen LogP contribution is 1.93. The second kappa shape index (κ2) is 1.81. The molecule has 0 N–H and O–H groups in total. The van der Waals surface area contributed by atoms with Gasteiger partial charge in [-0.15, -0.1) is 0 Å². The van der Waals surface area contributed by atoms with E-state index in [1.165, 1.54) is 0 Å². The highest BCUT2D eigenvalue weighted by atomic mass is 19.3. The molecular formula is C2HF3. The summed E-state index contributed by atoms with van der Waals surface area (Å²) in [5.74, 6) is 0. The molecule has 30 valence electrons. The van der Waals surface area contributed by atoms with Crippen molar-refractivity contribution >= 4 is 0 Å². The predicted molar refractivity (Wildman–Crippen MR) is 11.4 cm³/mol. The largest absolute Gasteiger partial charge is 0.298 e. The summed E-state index contributed by atoms with van der Waals surface area (Å²) in [6.07, 6.45) is -4.73. The lowest BCUT2D eigenvalue weighted by molar-refractivity contribution is 0.400. The van der Waals surface area contributed by atoms with Crippen LogP contribution in [0.15, 0.2) is 12.4 Å². The number of hydrogen-bond acceptors (Lipinski definition) is 0. The molecule has 0 rings (SSSR count). The van der Waals surface area contributed by atoms with E-state index in [4.69, 9.17) is 1.37 Å². The molecule has 0 radical (unpaired) electrons. The Kier molecular flexibility index (Phi) is 0.998. The van der Waals surface area contributed by atoms with Crippen molar-refractivity contribution in [2.75, 3.05) is 0 Å². The van der Waals surface area contributed by atoms with Crippen molar-refractivity contribution in [3.05, 3.63) is 12.4 Å². The zero-order valence-electron chi connectivity index (χ0n) is 3.13. The van der Waals surface area contributed by atoms with E-state index in [9.17, 15) is 13.2 Å². The number of halogens is 3. The Labute approximate surface area is 28.3 Å². The van der Waals surface area contributed by atoms with Crippen LogP contribution in [0.3, 0.4) is 0 Å². The van der Waals surface area contributed by atoms with Crippen LogP contribution in [0.25, 0.3) is 0 Å². The summed E-state index contributed by atoms with van der Waals surface area (Å²) in [4.78, 5) is 0. The first kappa shape index (κ1) is 2.75. The van der Waals surface area contributed by atoms with Gasteiger partial charge in [0, 0.05) is 0 Å². The van der Waals surface area contributed by atoms with Crippen LogP contribution in [0.2, 0.25) is 0 Å². The number of hydrogen-bond donors (Lipinski definition) is 0. The minimum absolute atomic E-state index is 2.16. The summed E-state index contributed by atoms with van der Waals surface area (Å²) in [6.45, 7) is 0. The van der Waals surface area contributed by atoms with Gasteiger partial charge in [0.25, 0.3) is 6.08 Å². The minimum Gasteiger partial charge on any atom is -0.210 e. The van der Waals surface area contributed by atoms with E-state index in [1.54, 1.807) is 0 Å². The quantitative estimate of drug-likeness (QED) is 0.418. The highest BCUT2D eigenvalue weighted by Gasteiger charge is 1.78. The SMILES string of the molecule is [2H]C(F)=C(F)F. The summed E-state index contributed by atoms with van der Waals surface area (Å²) in [6, 6.07) is 0. The first-order chi connectivity index (χ1) is 2.64. The van der Waals surface area contributed by atoms with Gasteiger partial charge in [-0.3, -0.25) is 0 Å². The molecule has 0 nitrogen and oxygen atoms in total. The van der Waals surface area contributed by atoms with Gasteiger partial charge in [-0.25, -0.2) is 4.39 Å². The first-order valence-corrected chi connectivity index (χ1v) is 0.817. The molecule has 0 amide bonds.